The van der Waals surface area contributed by atoms with Crippen LogP contribution in [0.25, 0.3) is 0 Å². The summed E-state index contributed by atoms with van der Waals surface area (Å²) in [4.78, 5) is 22.2. The minimum atomic E-state index is -5.06. The molecule has 1 aliphatic rings. The summed E-state index contributed by atoms with van der Waals surface area (Å²) in [5, 5.41) is 9.17. The Morgan fingerprint density at radius 1 is 1.36 bits per heavy atom. The summed E-state index contributed by atoms with van der Waals surface area (Å²) < 4.78 is 35.6. The van der Waals surface area contributed by atoms with E-state index in [1.807, 2.05) is 0 Å². The van der Waals surface area contributed by atoms with Crippen molar-refractivity contribution in [2.75, 3.05) is 13.1 Å². The molecular weight excluding hydrogens is 203 g/mol. The van der Waals surface area contributed by atoms with Crippen LogP contribution in [0.15, 0.2) is 0 Å². The van der Waals surface area contributed by atoms with Crippen molar-refractivity contribution in [2.24, 2.45) is 0 Å². The molecule has 0 bridgehead atoms. The van der Waals surface area contributed by atoms with Gasteiger partial charge in [0.2, 0.25) is 5.91 Å². The molecule has 0 unspecified atom stereocenters. The molecule has 1 rings (SSSR count). The Kier molecular flexibility index (Phi) is 2.31. The third kappa shape index (κ3) is 1.72. The van der Waals surface area contributed by atoms with Crippen molar-refractivity contribution in [2.45, 2.75) is 18.7 Å². The lowest BCUT2D eigenvalue weighted by Crippen LogP contribution is -2.69. The zero-order valence-electron chi connectivity index (χ0n) is 7.26. The van der Waals surface area contributed by atoms with Crippen LogP contribution in [-0.2, 0) is 9.59 Å². The van der Waals surface area contributed by atoms with Crippen LogP contribution in [0.5, 0.6) is 0 Å². The van der Waals surface area contributed by atoms with Crippen LogP contribution in [0.3, 0.4) is 0 Å². The van der Waals surface area contributed by atoms with Crippen LogP contribution >= 0.6 is 0 Å². The molecule has 0 aromatic carbocycles. The van der Waals surface area contributed by atoms with Gasteiger partial charge in [-0.3, -0.25) is 9.59 Å². The molecule has 14 heavy (non-hydrogen) atoms. The lowest BCUT2D eigenvalue weighted by Gasteiger charge is -2.44. The number of likely N-dealkylation sites (tertiary alicyclic amines) is 1. The van der Waals surface area contributed by atoms with E-state index in [2.05, 4.69) is 0 Å². The minimum Gasteiger partial charge on any atom is -0.378 e. The van der Waals surface area contributed by atoms with Gasteiger partial charge in [-0.05, 0) is 0 Å². The second kappa shape index (κ2) is 2.94. The van der Waals surface area contributed by atoms with Crippen molar-refractivity contribution in [1.82, 2.24) is 4.90 Å². The van der Waals surface area contributed by atoms with Crippen molar-refractivity contribution in [1.29, 1.82) is 0 Å². The number of amides is 1. The van der Waals surface area contributed by atoms with E-state index in [0.29, 0.717) is 0 Å². The van der Waals surface area contributed by atoms with Crippen LogP contribution in [0.1, 0.15) is 6.92 Å². The lowest BCUT2D eigenvalue weighted by atomic mass is 9.89. The van der Waals surface area contributed by atoms with Crippen molar-refractivity contribution in [3.63, 3.8) is 0 Å². The Bertz CT molecular complexity index is 280. The van der Waals surface area contributed by atoms with E-state index in [1.165, 1.54) is 0 Å². The molecule has 1 aliphatic heterocycles. The van der Waals surface area contributed by atoms with Gasteiger partial charge in [-0.15, -0.1) is 0 Å². The number of Topliss-reactive ketones (excluding diaryl/α,β-unsaturated/α-hetero) is 1. The lowest BCUT2D eigenvalue weighted by molar-refractivity contribution is -0.205. The highest BCUT2D eigenvalue weighted by atomic mass is 19.4. The standard InChI is InChI=1S/C7H8F3NO3/c1-4(12)11-2-6(14,3-11)5(13)7(8,9)10/h14H,2-3H2,1H3. The number of aliphatic hydroxyl groups is 1. The number of β-amino-alcohol motifs (C(OH)–C–C–N with tert-alkyl or cyclic N) is 1. The molecule has 1 amide bonds. The first-order valence-electron chi connectivity index (χ1n) is 3.76. The highest BCUT2D eigenvalue weighted by Crippen LogP contribution is 2.30. The fourth-order valence-corrected chi connectivity index (χ4v) is 1.22. The summed E-state index contributed by atoms with van der Waals surface area (Å²) >= 11 is 0. The average molecular weight is 211 g/mol. The van der Waals surface area contributed by atoms with Gasteiger partial charge >= 0.3 is 6.18 Å². The first kappa shape index (κ1) is 11.0. The Balaban J connectivity index is 2.65. The Labute approximate surface area is 77.3 Å². The van der Waals surface area contributed by atoms with Gasteiger partial charge in [0, 0.05) is 6.92 Å². The molecule has 0 saturated carbocycles. The van der Waals surface area contributed by atoms with Crippen molar-refractivity contribution in [3.05, 3.63) is 0 Å². The van der Waals surface area contributed by atoms with Gasteiger partial charge in [0.15, 0.2) is 5.60 Å². The summed E-state index contributed by atoms with van der Waals surface area (Å²) in [7, 11) is 0. The molecule has 0 aliphatic carbocycles. The molecule has 1 fully saturated rings. The SMILES string of the molecule is CC(=O)N1CC(O)(C(=O)C(F)(F)F)C1. The predicted molar refractivity (Wildman–Crippen MR) is 38.3 cm³/mol. The second-order valence-corrected chi connectivity index (χ2v) is 3.23. The normalized spacial score (nSPS) is 20.2. The second-order valence-electron chi connectivity index (χ2n) is 3.23. The van der Waals surface area contributed by atoms with Crippen molar-refractivity contribution >= 4 is 11.7 Å². The number of carbonyl (C=O) groups excluding carboxylic acids is 2. The van der Waals surface area contributed by atoms with Gasteiger partial charge < -0.3 is 10.0 Å². The maximum atomic E-state index is 11.9. The van der Waals surface area contributed by atoms with Gasteiger partial charge in [0.05, 0.1) is 13.1 Å². The van der Waals surface area contributed by atoms with Crippen molar-refractivity contribution in [3.8, 4) is 0 Å². The van der Waals surface area contributed by atoms with Crippen LogP contribution < -0.4 is 0 Å². The summed E-state index contributed by atoms with van der Waals surface area (Å²) in [6, 6.07) is 0. The largest absolute Gasteiger partial charge is 0.453 e. The number of carbonyl (C=O) groups is 2. The summed E-state index contributed by atoms with van der Waals surface area (Å²) in [5.41, 5.74) is -2.44. The van der Waals surface area contributed by atoms with Gasteiger partial charge in [-0.25, -0.2) is 0 Å². The molecule has 4 nitrogen and oxygen atoms in total. The van der Waals surface area contributed by atoms with Crippen LogP contribution in [0.4, 0.5) is 13.2 Å². The third-order valence-corrected chi connectivity index (χ3v) is 2.03. The van der Waals surface area contributed by atoms with Gasteiger partial charge in [-0.1, -0.05) is 0 Å². The minimum absolute atomic E-state index is 0.468. The molecule has 1 N–H and O–H groups in total. The zero-order valence-corrected chi connectivity index (χ0v) is 7.26. The number of ketones is 1. The molecule has 0 radical (unpaired) electrons. The van der Waals surface area contributed by atoms with Gasteiger partial charge in [0.1, 0.15) is 0 Å². The Hall–Kier alpha value is -1.11. The maximum absolute atomic E-state index is 11.9. The number of alkyl halides is 3. The number of nitrogens with zero attached hydrogens (tertiary/aromatic N) is 1. The fraction of sp³-hybridized carbons (Fsp3) is 0.714. The molecular formula is C7H8F3NO3. The van der Waals surface area contributed by atoms with E-state index < -0.39 is 36.6 Å². The third-order valence-electron chi connectivity index (χ3n) is 2.03. The van der Waals surface area contributed by atoms with E-state index in [0.717, 1.165) is 11.8 Å². The molecule has 0 aromatic rings. The van der Waals surface area contributed by atoms with Crippen LogP contribution in [-0.4, -0.2) is 46.6 Å². The fourth-order valence-electron chi connectivity index (χ4n) is 1.22. The van der Waals surface area contributed by atoms with E-state index in [4.69, 9.17) is 0 Å². The zero-order chi connectivity index (χ0) is 11.1. The smallest absolute Gasteiger partial charge is 0.378 e. The number of hydrogen-bond donors (Lipinski definition) is 1. The van der Waals surface area contributed by atoms with E-state index in [-0.39, 0.29) is 0 Å². The summed E-state index contributed by atoms with van der Waals surface area (Å²) in [6.45, 7) is -0.0149. The number of rotatable bonds is 1. The van der Waals surface area contributed by atoms with Gasteiger partial charge in [-0.2, -0.15) is 13.2 Å². The number of hydrogen-bond acceptors (Lipinski definition) is 3. The highest BCUT2D eigenvalue weighted by molar-refractivity contribution is 5.95. The predicted octanol–water partition coefficient (Wildman–Crippen LogP) is -0.289. The molecule has 0 spiro atoms. The summed E-state index contributed by atoms with van der Waals surface area (Å²) in [6.07, 6.45) is -5.06. The Morgan fingerprint density at radius 3 is 2.07 bits per heavy atom. The summed E-state index contributed by atoms with van der Waals surface area (Å²) in [5.74, 6) is -2.66. The molecule has 0 aromatic heterocycles. The van der Waals surface area contributed by atoms with Crippen LogP contribution in [0.2, 0.25) is 0 Å². The van der Waals surface area contributed by atoms with Crippen LogP contribution in [0, 0.1) is 0 Å². The maximum Gasteiger partial charge on any atom is 0.453 e. The monoisotopic (exact) mass is 211 g/mol. The van der Waals surface area contributed by atoms with Crippen molar-refractivity contribution < 1.29 is 27.9 Å². The molecule has 0 atom stereocenters. The molecule has 80 valence electrons. The Morgan fingerprint density at radius 2 is 1.79 bits per heavy atom. The quantitative estimate of drug-likeness (QED) is 0.648. The number of halogens is 3. The highest BCUT2D eigenvalue weighted by Gasteiger charge is 2.58. The molecule has 7 heteroatoms. The molecule has 1 saturated heterocycles. The van der Waals surface area contributed by atoms with E-state index in [9.17, 15) is 27.9 Å². The van der Waals surface area contributed by atoms with E-state index in [1.54, 1.807) is 0 Å². The molecule has 1 heterocycles. The topological polar surface area (TPSA) is 57.6 Å². The average Bonchev–Trinajstić information content (AvgIpc) is 1.95. The first-order chi connectivity index (χ1) is 6.17. The first-order valence-corrected chi connectivity index (χ1v) is 3.76. The van der Waals surface area contributed by atoms with Gasteiger partial charge in [0.25, 0.3) is 5.78 Å². The van der Waals surface area contributed by atoms with E-state index >= 15 is 0 Å².